The van der Waals surface area contributed by atoms with Gasteiger partial charge in [-0.3, -0.25) is 9.69 Å². The van der Waals surface area contributed by atoms with Crippen molar-refractivity contribution in [2.45, 2.75) is 32.2 Å². The second-order valence-electron chi connectivity index (χ2n) is 7.35. The molecular weight excluding hydrogens is 397 g/mol. The number of ether oxygens (including phenoxy) is 1. The lowest BCUT2D eigenvalue weighted by molar-refractivity contribution is -0.144. The summed E-state index contributed by atoms with van der Waals surface area (Å²) in [6, 6.07) is 0.903. The largest absolute Gasteiger partial charge is 0.417 e. The molecule has 2 atom stereocenters. The minimum atomic E-state index is -4.47. The highest BCUT2D eigenvalue weighted by atomic mass is 35.5. The third-order valence-electron chi connectivity index (χ3n) is 4.95. The number of alkyl halides is 3. The first-order valence-corrected chi connectivity index (χ1v) is 9.64. The smallest absolute Gasteiger partial charge is 0.372 e. The molecule has 0 bridgehead atoms. The molecule has 0 N–H and O–H groups in total. The number of halogens is 4. The van der Waals surface area contributed by atoms with Crippen LogP contribution in [0.3, 0.4) is 0 Å². The molecule has 0 radical (unpaired) electrons. The second-order valence-corrected chi connectivity index (χ2v) is 7.75. The predicted molar refractivity (Wildman–Crippen MR) is 99.5 cm³/mol. The number of anilines is 1. The molecular formula is C18H24ClF3N4O2. The lowest BCUT2D eigenvalue weighted by Gasteiger charge is -2.38. The molecule has 0 aromatic carbocycles. The molecule has 156 valence electrons. The van der Waals surface area contributed by atoms with Crippen molar-refractivity contribution in [3.05, 3.63) is 22.8 Å². The highest BCUT2D eigenvalue weighted by Gasteiger charge is 2.33. The Morgan fingerprint density at radius 2 is 1.82 bits per heavy atom. The first-order valence-electron chi connectivity index (χ1n) is 9.26. The van der Waals surface area contributed by atoms with Crippen LogP contribution in [0.5, 0.6) is 0 Å². The number of aromatic nitrogens is 1. The molecule has 1 amide bonds. The van der Waals surface area contributed by atoms with Gasteiger partial charge in [-0.25, -0.2) is 4.98 Å². The summed E-state index contributed by atoms with van der Waals surface area (Å²) in [5.41, 5.74) is -0.862. The Kier molecular flexibility index (Phi) is 6.36. The molecule has 10 heteroatoms. The van der Waals surface area contributed by atoms with Gasteiger partial charge in [-0.2, -0.15) is 13.2 Å². The Morgan fingerprint density at radius 3 is 2.36 bits per heavy atom. The van der Waals surface area contributed by atoms with E-state index in [4.69, 9.17) is 16.3 Å². The van der Waals surface area contributed by atoms with E-state index >= 15 is 0 Å². The van der Waals surface area contributed by atoms with E-state index in [0.29, 0.717) is 51.6 Å². The van der Waals surface area contributed by atoms with Gasteiger partial charge in [0.05, 0.1) is 29.3 Å². The monoisotopic (exact) mass is 420 g/mol. The summed E-state index contributed by atoms with van der Waals surface area (Å²) in [5, 5.41) is -0.0179. The maximum Gasteiger partial charge on any atom is 0.417 e. The lowest BCUT2D eigenvalue weighted by atomic mass is 10.2. The number of rotatable bonds is 3. The van der Waals surface area contributed by atoms with Crippen molar-refractivity contribution in [1.29, 1.82) is 0 Å². The van der Waals surface area contributed by atoms with Crippen LogP contribution in [0, 0.1) is 0 Å². The van der Waals surface area contributed by atoms with Crippen LogP contribution in [-0.2, 0) is 15.7 Å². The lowest BCUT2D eigenvalue weighted by Crippen LogP contribution is -2.54. The summed E-state index contributed by atoms with van der Waals surface area (Å²) in [5.74, 6) is 0.414. The molecule has 6 nitrogen and oxygen atoms in total. The van der Waals surface area contributed by atoms with E-state index < -0.39 is 11.7 Å². The Labute approximate surface area is 167 Å². The average Bonchev–Trinajstić information content (AvgIpc) is 2.61. The normalized spacial score (nSPS) is 24.5. The van der Waals surface area contributed by atoms with Gasteiger partial charge in [0.1, 0.15) is 5.82 Å². The van der Waals surface area contributed by atoms with Gasteiger partial charge in [0, 0.05) is 45.5 Å². The number of carbonyl (C=O) groups excluding carboxylic acids is 1. The van der Waals surface area contributed by atoms with Crippen molar-refractivity contribution in [2.75, 3.05) is 50.7 Å². The summed E-state index contributed by atoms with van der Waals surface area (Å²) >= 11 is 6.03. The molecule has 1 aromatic rings. The van der Waals surface area contributed by atoms with Crippen LogP contribution in [0.1, 0.15) is 19.4 Å². The Balaban J connectivity index is 1.54. The molecule has 28 heavy (non-hydrogen) atoms. The van der Waals surface area contributed by atoms with Gasteiger partial charge in [0.25, 0.3) is 0 Å². The average molecular weight is 421 g/mol. The number of carbonyl (C=O) groups is 1. The zero-order valence-corrected chi connectivity index (χ0v) is 16.6. The van der Waals surface area contributed by atoms with Crippen molar-refractivity contribution >= 4 is 23.3 Å². The minimum absolute atomic E-state index is 0.0179. The molecule has 0 spiro atoms. The van der Waals surface area contributed by atoms with Crippen molar-refractivity contribution in [3.63, 3.8) is 0 Å². The minimum Gasteiger partial charge on any atom is -0.372 e. The Morgan fingerprint density at radius 1 is 1.21 bits per heavy atom. The topological polar surface area (TPSA) is 48.9 Å². The zero-order valence-electron chi connectivity index (χ0n) is 15.9. The number of hydrogen-bond donors (Lipinski definition) is 0. The van der Waals surface area contributed by atoms with Crippen LogP contribution in [-0.4, -0.2) is 78.7 Å². The van der Waals surface area contributed by atoms with E-state index in [1.165, 1.54) is 0 Å². The predicted octanol–water partition coefficient (Wildman–Crippen LogP) is 2.51. The number of piperazine rings is 1. The maximum atomic E-state index is 12.8. The summed E-state index contributed by atoms with van der Waals surface area (Å²) in [7, 11) is 0. The van der Waals surface area contributed by atoms with Gasteiger partial charge in [-0.15, -0.1) is 0 Å². The van der Waals surface area contributed by atoms with Crippen LogP contribution in [0.4, 0.5) is 19.0 Å². The quantitative estimate of drug-likeness (QED) is 0.752. The van der Waals surface area contributed by atoms with E-state index in [0.717, 1.165) is 12.3 Å². The summed E-state index contributed by atoms with van der Waals surface area (Å²) < 4.78 is 43.9. The highest BCUT2D eigenvalue weighted by molar-refractivity contribution is 6.33. The van der Waals surface area contributed by atoms with Gasteiger partial charge >= 0.3 is 6.18 Å². The van der Waals surface area contributed by atoms with Crippen molar-refractivity contribution in [1.82, 2.24) is 14.8 Å². The van der Waals surface area contributed by atoms with Gasteiger partial charge in [0.15, 0.2) is 0 Å². The number of hydrogen-bond acceptors (Lipinski definition) is 5. The van der Waals surface area contributed by atoms with Crippen molar-refractivity contribution in [3.8, 4) is 0 Å². The van der Waals surface area contributed by atoms with Crippen LogP contribution in [0.25, 0.3) is 0 Å². The fourth-order valence-electron chi connectivity index (χ4n) is 3.61. The first kappa shape index (κ1) is 21.1. The van der Waals surface area contributed by atoms with Gasteiger partial charge in [-0.1, -0.05) is 11.6 Å². The molecule has 3 rings (SSSR count). The third kappa shape index (κ3) is 5.07. The molecule has 0 saturated carbocycles. The highest BCUT2D eigenvalue weighted by Crippen LogP contribution is 2.33. The molecule has 2 saturated heterocycles. The molecule has 2 aliphatic heterocycles. The first-order chi connectivity index (χ1) is 13.1. The van der Waals surface area contributed by atoms with E-state index in [9.17, 15) is 18.0 Å². The van der Waals surface area contributed by atoms with Gasteiger partial charge < -0.3 is 14.5 Å². The van der Waals surface area contributed by atoms with Crippen LogP contribution in [0.15, 0.2) is 12.3 Å². The number of nitrogens with zero attached hydrogens (tertiary/aromatic N) is 4. The van der Waals surface area contributed by atoms with E-state index in [1.807, 2.05) is 28.5 Å². The molecule has 1 aromatic heterocycles. The number of amides is 1. The van der Waals surface area contributed by atoms with Crippen LogP contribution >= 0.6 is 11.6 Å². The molecule has 2 fully saturated rings. The van der Waals surface area contributed by atoms with E-state index in [2.05, 4.69) is 4.98 Å². The second kappa shape index (κ2) is 8.42. The molecule has 2 aliphatic rings. The maximum absolute atomic E-state index is 12.8. The standard InChI is InChI=1S/C18H24ClF3N4O2/c1-12-9-26(10-13(2)28-12)16(27)11-24-3-5-25(6-4-24)17-15(19)7-14(8-23-17)18(20,21)22/h7-8,12-13H,3-6,9-11H2,1-2H3/t12-,13-/m0/s1. The third-order valence-corrected chi connectivity index (χ3v) is 5.23. The fraction of sp³-hybridized carbons (Fsp3) is 0.667. The van der Waals surface area contributed by atoms with E-state index in [-0.39, 0.29) is 23.1 Å². The Bertz CT molecular complexity index is 701. The van der Waals surface area contributed by atoms with Crippen molar-refractivity contribution < 1.29 is 22.7 Å². The molecule has 0 aliphatic carbocycles. The van der Waals surface area contributed by atoms with Gasteiger partial charge in [-0.05, 0) is 19.9 Å². The van der Waals surface area contributed by atoms with Crippen molar-refractivity contribution in [2.24, 2.45) is 0 Å². The number of pyridine rings is 1. The summed E-state index contributed by atoms with van der Waals surface area (Å²) in [6.07, 6.45) is -3.62. The molecule has 3 heterocycles. The SMILES string of the molecule is C[C@H]1CN(C(=O)CN2CCN(c3ncc(C(F)(F)F)cc3Cl)CC2)C[C@H](C)O1. The van der Waals surface area contributed by atoms with E-state index in [1.54, 1.807) is 0 Å². The summed E-state index contributed by atoms with van der Waals surface area (Å²) in [6.45, 7) is 7.72. The Hall–Kier alpha value is -1.58. The van der Waals surface area contributed by atoms with Gasteiger partial charge in [0.2, 0.25) is 5.91 Å². The fourth-order valence-corrected chi connectivity index (χ4v) is 3.89. The van der Waals surface area contributed by atoms with Crippen LogP contribution < -0.4 is 4.90 Å². The summed E-state index contributed by atoms with van der Waals surface area (Å²) in [4.78, 5) is 22.2. The number of morpholine rings is 1. The zero-order chi connectivity index (χ0) is 20.5. The molecule has 0 unspecified atom stereocenters. The van der Waals surface area contributed by atoms with Crippen LogP contribution in [0.2, 0.25) is 5.02 Å².